The number of anilines is 1. The van der Waals surface area contributed by atoms with E-state index in [1.54, 1.807) is 25.1 Å². The lowest BCUT2D eigenvalue weighted by molar-refractivity contribution is -0.120. The van der Waals surface area contributed by atoms with Crippen LogP contribution in [0.25, 0.3) is 0 Å². The molecule has 2 N–H and O–H groups in total. The monoisotopic (exact) mass is 506 g/mol. The molecule has 36 heavy (non-hydrogen) atoms. The Morgan fingerprint density at radius 2 is 2.03 bits per heavy atom. The largest absolute Gasteiger partial charge is 0.494 e. The number of nitrogens with one attached hydrogen (secondary N) is 1. The van der Waals surface area contributed by atoms with Crippen LogP contribution in [0.5, 0.6) is 5.75 Å². The number of amides is 1. The summed E-state index contributed by atoms with van der Waals surface area (Å²) in [5.74, 6) is -1.70. The molecule has 2 aromatic rings. The quantitative estimate of drug-likeness (QED) is 0.446. The number of nitrogens with zero attached hydrogens (tertiary/aromatic N) is 3. The van der Waals surface area contributed by atoms with Crippen LogP contribution in [-0.2, 0) is 4.79 Å². The van der Waals surface area contributed by atoms with Crippen LogP contribution >= 0.6 is 0 Å². The van der Waals surface area contributed by atoms with Crippen molar-refractivity contribution in [3.63, 3.8) is 0 Å². The molecule has 196 valence electrons. The van der Waals surface area contributed by atoms with E-state index in [9.17, 15) is 18.4 Å². The third-order valence-electron chi connectivity index (χ3n) is 6.86. The lowest BCUT2D eigenvalue weighted by Crippen LogP contribution is -2.35. The van der Waals surface area contributed by atoms with Crippen molar-refractivity contribution in [2.24, 2.45) is 5.92 Å². The van der Waals surface area contributed by atoms with Crippen LogP contribution in [0.3, 0.4) is 0 Å². The van der Waals surface area contributed by atoms with Crippen molar-refractivity contribution in [2.45, 2.75) is 57.3 Å². The number of piperidine rings is 1. The van der Waals surface area contributed by atoms with E-state index < -0.39 is 18.3 Å². The number of hydrogen-bond donors (Lipinski definition) is 2. The number of hydrogen-bond acceptors (Lipinski definition) is 8. The van der Waals surface area contributed by atoms with Crippen LogP contribution in [0.15, 0.2) is 22.7 Å². The van der Waals surface area contributed by atoms with Crippen molar-refractivity contribution in [3.05, 3.63) is 35.2 Å². The molecule has 0 radical (unpaired) electrons. The number of alkyl halides is 2. The SMILES string of the molecule is Cc1cc(OCCCC2CCN(c3noc(C4CC(F)(F)C4)n3)CC2)ccc1C(=O)NCC(=O)CO. The van der Waals surface area contributed by atoms with Gasteiger partial charge in [-0.1, -0.05) is 0 Å². The number of benzene rings is 1. The molecule has 1 saturated heterocycles. The van der Waals surface area contributed by atoms with E-state index in [1.807, 2.05) is 0 Å². The molecule has 1 aliphatic heterocycles. The predicted molar refractivity (Wildman–Crippen MR) is 126 cm³/mol. The first-order valence-corrected chi connectivity index (χ1v) is 12.3. The van der Waals surface area contributed by atoms with E-state index >= 15 is 0 Å². The summed E-state index contributed by atoms with van der Waals surface area (Å²) in [6.45, 7) is 3.17. The summed E-state index contributed by atoms with van der Waals surface area (Å²) in [6, 6.07) is 5.20. The topological polar surface area (TPSA) is 118 Å². The average Bonchev–Trinajstić information content (AvgIpc) is 3.34. The van der Waals surface area contributed by atoms with Gasteiger partial charge in [0.15, 0.2) is 5.78 Å². The van der Waals surface area contributed by atoms with Crippen LogP contribution < -0.4 is 15.0 Å². The molecule has 2 aliphatic rings. The van der Waals surface area contributed by atoms with Gasteiger partial charge < -0.3 is 24.6 Å². The number of aliphatic hydroxyl groups is 1. The highest BCUT2D eigenvalue weighted by atomic mass is 19.3. The standard InChI is InChI=1S/C25H32F2N4O5/c1-16-11-20(4-5-21(16)22(34)28-14-19(33)15-32)35-10-2-3-17-6-8-31(9-7-17)24-29-23(36-30-24)18-12-25(26,27)13-18/h4-5,11,17-18,32H,2-3,6-10,12-15H2,1H3,(H,28,34). The van der Waals surface area contributed by atoms with Gasteiger partial charge >= 0.3 is 0 Å². The van der Waals surface area contributed by atoms with E-state index in [0.29, 0.717) is 35.7 Å². The van der Waals surface area contributed by atoms with E-state index in [2.05, 4.69) is 20.4 Å². The minimum absolute atomic E-state index is 0.204. The number of aromatic nitrogens is 2. The van der Waals surface area contributed by atoms with Gasteiger partial charge in [0.25, 0.3) is 11.9 Å². The average molecular weight is 507 g/mol. The molecule has 0 unspecified atom stereocenters. The maximum absolute atomic E-state index is 13.1. The molecule has 0 atom stereocenters. The zero-order valence-corrected chi connectivity index (χ0v) is 20.3. The highest BCUT2D eigenvalue weighted by Crippen LogP contribution is 2.48. The molecule has 2 fully saturated rings. The number of carbonyl (C=O) groups excluding carboxylic acids is 2. The summed E-state index contributed by atoms with van der Waals surface area (Å²) in [7, 11) is 0. The third kappa shape index (κ3) is 6.57. The van der Waals surface area contributed by atoms with E-state index in [0.717, 1.165) is 44.3 Å². The van der Waals surface area contributed by atoms with E-state index in [1.165, 1.54) is 0 Å². The molecule has 1 saturated carbocycles. The van der Waals surface area contributed by atoms with Gasteiger partial charge in [-0.2, -0.15) is 4.98 Å². The number of aliphatic hydroxyl groups excluding tert-OH is 1. The smallest absolute Gasteiger partial charge is 0.266 e. The molecule has 2 heterocycles. The van der Waals surface area contributed by atoms with Crippen molar-refractivity contribution in [1.82, 2.24) is 15.5 Å². The van der Waals surface area contributed by atoms with Gasteiger partial charge in [0.1, 0.15) is 12.4 Å². The van der Waals surface area contributed by atoms with Crippen molar-refractivity contribution in [3.8, 4) is 5.75 Å². The number of Topliss-reactive ketones (excluding diaryl/α,β-unsaturated/α-hetero) is 1. The number of rotatable bonds is 11. The van der Waals surface area contributed by atoms with Crippen molar-refractivity contribution in [2.75, 3.05) is 37.7 Å². The maximum atomic E-state index is 13.1. The first kappa shape index (κ1) is 26.0. The molecule has 1 aromatic carbocycles. The summed E-state index contributed by atoms with van der Waals surface area (Å²) in [5, 5.41) is 15.2. The van der Waals surface area contributed by atoms with Crippen molar-refractivity contribution < 1.29 is 32.7 Å². The summed E-state index contributed by atoms with van der Waals surface area (Å²) in [5.41, 5.74) is 1.20. The van der Waals surface area contributed by atoms with Crippen LogP contribution in [0.4, 0.5) is 14.7 Å². The Labute approximate surface area is 208 Å². The molecule has 1 aromatic heterocycles. The fraction of sp³-hybridized carbons (Fsp3) is 0.600. The Morgan fingerprint density at radius 3 is 2.69 bits per heavy atom. The summed E-state index contributed by atoms with van der Waals surface area (Å²) < 4.78 is 37.2. The van der Waals surface area contributed by atoms with Crippen molar-refractivity contribution in [1.29, 1.82) is 0 Å². The van der Waals surface area contributed by atoms with Gasteiger partial charge in [-0.05, 0) is 67.4 Å². The van der Waals surface area contributed by atoms with Gasteiger partial charge in [-0.3, -0.25) is 9.59 Å². The Morgan fingerprint density at radius 1 is 1.28 bits per heavy atom. The Kier molecular flexibility index (Phi) is 8.17. The molecule has 1 amide bonds. The fourth-order valence-electron chi connectivity index (χ4n) is 4.65. The van der Waals surface area contributed by atoms with Gasteiger partial charge in [-0.15, -0.1) is 0 Å². The highest BCUT2D eigenvalue weighted by molar-refractivity contribution is 5.98. The Bertz CT molecular complexity index is 1060. The first-order valence-electron chi connectivity index (χ1n) is 12.3. The summed E-state index contributed by atoms with van der Waals surface area (Å²) in [6.07, 6.45) is 3.48. The zero-order chi connectivity index (χ0) is 25.7. The lowest BCUT2D eigenvalue weighted by atomic mass is 9.81. The highest BCUT2D eigenvalue weighted by Gasteiger charge is 2.48. The summed E-state index contributed by atoms with van der Waals surface area (Å²) >= 11 is 0. The number of ether oxygens (including phenoxy) is 1. The maximum Gasteiger partial charge on any atom is 0.266 e. The van der Waals surface area contributed by atoms with Crippen LogP contribution in [0, 0.1) is 12.8 Å². The molecule has 9 nitrogen and oxygen atoms in total. The van der Waals surface area contributed by atoms with Gasteiger partial charge in [0.05, 0.1) is 13.2 Å². The first-order chi connectivity index (χ1) is 17.2. The zero-order valence-electron chi connectivity index (χ0n) is 20.3. The van der Waals surface area contributed by atoms with Crippen LogP contribution in [0.1, 0.15) is 66.3 Å². The molecule has 0 bridgehead atoms. The second-order valence-electron chi connectivity index (χ2n) is 9.67. The summed E-state index contributed by atoms with van der Waals surface area (Å²) in [4.78, 5) is 29.8. The molecule has 0 spiro atoms. The molecule has 4 rings (SSSR count). The second-order valence-corrected chi connectivity index (χ2v) is 9.67. The molecule has 1 aliphatic carbocycles. The molecule has 11 heteroatoms. The Balaban J connectivity index is 1.14. The number of aryl methyl sites for hydroxylation is 1. The van der Waals surface area contributed by atoms with E-state index in [-0.39, 0.29) is 31.2 Å². The predicted octanol–water partition coefficient (Wildman–Crippen LogP) is 3.26. The van der Waals surface area contributed by atoms with Crippen LogP contribution in [0.2, 0.25) is 0 Å². The minimum Gasteiger partial charge on any atom is -0.494 e. The second kappa shape index (κ2) is 11.3. The normalized spacial score (nSPS) is 18.1. The van der Waals surface area contributed by atoms with Gasteiger partial charge in [-0.25, -0.2) is 8.78 Å². The van der Waals surface area contributed by atoms with Gasteiger partial charge in [0, 0.05) is 37.4 Å². The Hall–Kier alpha value is -3.08. The van der Waals surface area contributed by atoms with Crippen molar-refractivity contribution >= 4 is 17.6 Å². The number of ketones is 1. The third-order valence-corrected chi connectivity index (χ3v) is 6.86. The fourth-order valence-corrected chi connectivity index (χ4v) is 4.65. The number of halogens is 2. The minimum atomic E-state index is -2.61. The van der Waals surface area contributed by atoms with Crippen LogP contribution in [-0.4, -0.2) is 65.7 Å². The van der Waals surface area contributed by atoms with E-state index in [4.69, 9.17) is 14.4 Å². The lowest BCUT2D eigenvalue weighted by Gasteiger charge is -2.32. The number of carbonyl (C=O) groups is 2. The van der Waals surface area contributed by atoms with Gasteiger partial charge in [0.2, 0.25) is 11.8 Å². The molecular formula is C25H32F2N4O5. The molecular weight excluding hydrogens is 474 g/mol.